The second-order valence-electron chi connectivity index (χ2n) is 5.60. The summed E-state index contributed by atoms with van der Waals surface area (Å²) in [7, 11) is 1.35. The average molecular weight is 328 g/mol. The Labute approximate surface area is 134 Å². The van der Waals surface area contributed by atoms with Crippen molar-refractivity contribution in [2.24, 2.45) is 11.7 Å². The highest BCUT2D eigenvalue weighted by Gasteiger charge is 2.26. The topological polar surface area (TPSA) is 73.6 Å². The maximum Gasteiger partial charge on any atom is 0.387 e. The van der Waals surface area contributed by atoms with Gasteiger partial charge in [0, 0.05) is 11.6 Å². The fourth-order valence-corrected chi connectivity index (χ4v) is 2.94. The number of hydrogen-bond donors (Lipinski definition) is 2. The number of carbonyl (C=O) groups is 1. The molecule has 1 amide bonds. The molecule has 1 fully saturated rings. The standard InChI is InChI=1S/C16H22F2N2O3/c1-22-13-7-6-10(8-14(13)23-16(17)18)15(21)20-12-5-3-2-4-11(12)9-19/h6-8,11-12,16H,2-5,9,19H2,1H3,(H,20,21). The molecule has 1 aliphatic carbocycles. The van der Waals surface area contributed by atoms with Gasteiger partial charge in [0.15, 0.2) is 11.5 Å². The second kappa shape index (κ2) is 8.10. The number of halogens is 2. The lowest BCUT2D eigenvalue weighted by molar-refractivity contribution is -0.0512. The first-order chi connectivity index (χ1) is 11.0. The van der Waals surface area contributed by atoms with Crippen molar-refractivity contribution < 1.29 is 23.0 Å². The third-order valence-corrected chi connectivity index (χ3v) is 4.17. The van der Waals surface area contributed by atoms with Crippen LogP contribution in [-0.4, -0.2) is 32.2 Å². The molecule has 0 bridgehead atoms. The molecule has 0 radical (unpaired) electrons. The lowest BCUT2D eigenvalue weighted by Gasteiger charge is -2.31. The fourth-order valence-electron chi connectivity index (χ4n) is 2.94. The van der Waals surface area contributed by atoms with Gasteiger partial charge in [-0.2, -0.15) is 8.78 Å². The number of amides is 1. The van der Waals surface area contributed by atoms with Crippen LogP contribution >= 0.6 is 0 Å². The molecule has 2 rings (SSSR count). The van der Waals surface area contributed by atoms with E-state index in [1.807, 2.05) is 0 Å². The van der Waals surface area contributed by atoms with Gasteiger partial charge in [-0.1, -0.05) is 12.8 Å². The zero-order valence-corrected chi connectivity index (χ0v) is 13.1. The van der Waals surface area contributed by atoms with Gasteiger partial charge in [-0.25, -0.2) is 0 Å². The van der Waals surface area contributed by atoms with Gasteiger partial charge in [0.25, 0.3) is 5.91 Å². The number of hydrogen-bond acceptors (Lipinski definition) is 4. The molecule has 2 atom stereocenters. The Morgan fingerprint density at radius 3 is 2.74 bits per heavy atom. The van der Waals surface area contributed by atoms with Crippen molar-refractivity contribution in [3.8, 4) is 11.5 Å². The van der Waals surface area contributed by atoms with Crippen molar-refractivity contribution in [2.75, 3.05) is 13.7 Å². The van der Waals surface area contributed by atoms with E-state index in [0.29, 0.717) is 6.54 Å². The van der Waals surface area contributed by atoms with Gasteiger partial charge in [0.1, 0.15) is 0 Å². The van der Waals surface area contributed by atoms with Crippen LogP contribution in [0.4, 0.5) is 8.78 Å². The van der Waals surface area contributed by atoms with Crippen LogP contribution in [0.15, 0.2) is 18.2 Å². The van der Waals surface area contributed by atoms with Crippen molar-refractivity contribution in [3.63, 3.8) is 0 Å². The molecule has 1 aromatic rings. The number of nitrogens with one attached hydrogen (secondary N) is 1. The van der Waals surface area contributed by atoms with E-state index >= 15 is 0 Å². The molecule has 1 aliphatic rings. The van der Waals surface area contributed by atoms with Gasteiger partial charge in [-0.3, -0.25) is 4.79 Å². The summed E-state index contributed by atoms with van der Waals surface area (Å²) in [5, 5.41) is 2.95. The Kier molecular flexibility index (Phi) is 6.15. The fraction of sp³-hybridized carbons (Fsp3) is 0.562. The second-order valence-corrected chi connectivity index (χ2v) is 5.60. The predicted molar refractivity (Wildman–Crippen MR) is 81.9 cm³/mol. The number of ether oxygens (including phenoxy) is 2. The summed E-state index contributed by atoms with van der Waals surface area (Å²) >= 11 is 0. The van der Waals surface area contributed by atoms with E-state index in [1.165, 1.54) is 25.3 Å². The number of methoxy groups -OCH3 is 1. The molecule has 0 spiro atoms. The molecule has 0 heterocycles. The van der Waals surface area contributed by atoms with Crippen LogP contribution in [0, 0.1) is 5.92 Å². The smallest absolute Gasteiger partial charge is 0.387 e. The number of nitrogens with two attached hydrogens (primary N) is 1. The van der Waals surface area contributed by atoms with E-state index in [0.717, 1.165) is 25.7 Å². The highest BCUT2D eigenvalue weighted by Crippen LogP contribution is 2.30. The van der Waals surface area contributed by atoms with E-state index in [-0.39, 0.29) is 34.9 Å². The first-order valence-electron chi connectivity index (χ1n) is 7.69. The predicted octanol–water partition coefficient (Wildman–Crippen LogP) is 2.54. The van der Waals surface area contributed by atoms with Crippen molar-refractivity contribution in [3.05, 3.63) is 23.8 Å². The van der Waals surface area contributed by atoms with Crippen molar-refractivity contribution in [1.82, 2.24) is 5.32 Å². The quantitative estimate of drug-likeness (QED) is 0.842. The zero-order chi connectivity index (χ0) is 16.8. The van der Waals surface area contributed by atoms with Gasteiger partial charge < -0.3 is 20.5 Å². The average Bonchev–Trinajstić information content (AvgIpc) is 2.54. The highest BCUT2D eigenvalue weighted by molar-refractivity contribution is 5.95. The molecule has 128 valence electrons. The first kappa shape index (κ1) is 17.5. The van der Waals surface area contributed by atoms with E-state index in [9.17, 15) is 13.6 Å². The van der Waals surface area contributed by atoms with Gasteiger partial charge in [0.2, 0.25) is 0 Å². The van der Waals surface area contributed by atoms with E-state index < -0.39 is 6.61 Å². The molecule has 1 saturated carbocycles. The summed E-state index contributed by atoms with van der Waals surface area (Å²) in [4.78, 5) is 12.4. The Hall–Kier alpha value is -1.89. The molecular weight excluding hydrogens is 306 g/mol. The summed E-state index contributed by atoms with van der Waals surface area (Å²) in [6.07, 6.45) is 4.03. The summed E-state index contributed by atoms with van der Waals surface area (Å²) in [5.74, 6) is -0.0756. The summed E-state index contributed by atoms with van der Waals surface area (Å²) in [5.41, 5.74) is 6.01. The maximum absolute atomic E-state index is 12.4. The number of rotatable bonds is 6. The Morgan fingerprint density at radius 1 is 1.35 bits per heavy atom. The first-order valence-corrected chi connectivity index (χ1v) is 7.69. The van der Waals surface area contributed by atoms with Crippen LogP contribution < -0.4 is 20.5 Å². The van der Waals surface area contributed by atoms with E-state index in [1.54, 1.807) is 0 Å². The van der Waals surface area contributed by atoms with Crippen LogP contribution in [0.5, 0.6) is 11.5 Å². The van der Waals surface area contributed by atoms with Crippen LogP contribution in [0.25, 0.3) is 0 Å². The lowest BCUT2D eigenvalue weighted by Crippen LogP contribution is -2.44. The SMILES string of the molecule is COc1ccc(C(=O)NC2CCCCC2CN)cc1OC(F)F. The van der Waals surface area contributed by atoms with Gasteiger partial charge in [-0.05, 0) is 43.5 Å². The van der Waals surface area contributed by atoms with Gasteiger partial charge >= 0.3 is 6.61 Å². The molecule has 2 unspecified atom stereocenters. The molecule has 0 aliphatic heterocycles. The minimum Gasteiger partial charge on any atom is -0.493 e. The molecular formula is C16H22F2N2O3. The molecule has 7 heteroatoms. The lowest BCUT2D eigenvalue weighted by atomic mass is 9.84. The number of alkyl halides is 2. The summed E-state index contributed by atoms with van der Waals surface area (Å²) in [6.45, 7) is -2.46. The minimum atomic E-state index is -2.98. The third kappa shape index (κ3) is 4.54. The molecule has 5 nitrogen and oxygen atoms in total. The van der Waals surface area contributed by atoms with Crippen molar-refractivity contribution in [2.45, 2.75) is 38.3 Å². The van der Waals surface area contributed by atoms with Crippen molar-refractivity contribution in [1.29, 1.82) is 0 Å². The maximum atomic E-state index is 12.4. The number of benzene rings is 1. The van der Waals surface area contributed by atoms with Crippen LogP contribution in [0.3, 0.4) is 0 Å². The minimum absolute atomic E-state index is 0.0165. The van der Waals surface area contributed by atoms with Gasteiger partial charge in [0.05, 0.1) is 7.11 Å². The van der Waals surface area contributed by atoms with Crippen molar-refractivity contribution >= 4 is 5.91 Å². The Morgan fingerprint density at radius 2 is 2.09 bits per heavy atom. The molecule has 3 N–H and O–H groups in total. The normalized spacial score (nSPS) is 21.1. The summed E-state index contributed by atoms with van der Waals surface area (Å²) in [6, 6.07) is 4.24. The molecule has 0 aromatic heterocycles. The van der Waals surface area contributed by atoms with Crippen LogP contribution in [0.1, 0.15) is 36.0 Å². The molecule has 0 saturated heterocycles. The molecule has 23 heavy (non-hydrogen) atoms. The van der Waals surface area contributed by atoms with E-state index in [2.05, 4.69) is 10.1 Å². The van der Waals surface area contributed by atoms with Gasteiger partial charge in [-0.15, -0.1) is 0 Å². The van der Waals surface area contributed by atoms with Crippen LogP contribution in [-0.2, 0) is 0 Å². The van der Waals surface area contributed by atoms with E-state index in [4.69, 9.17) is 10.5 Å². The zero-order valence-electron chi connectivity index (χ0n) is 13.1. The number of carbonyl (C=O) groups excluding carboxylic acids is 1. The molecule has 1 aromatic carbocycles. The largest absolute Gasteiger partial charge is 0.493 e. The third-order valence-electron chi connectivity index (χ3n) is 4.17. The Bertz CT molecular complexity index is 540. The monoisotopic (exact) mass is 328 g/mol. The Balaban J connectivity index is 2.12. The highest BCUT2D eigenvalue weighted by atomic mass is 19.3. The summed E-state index contributed by atoms with van der Waals surface area (Å²) < 4.78 is 34.3. The van der Waals surface area contributed by atoms with Crippen LogP contribution in [0.2, 0.25) is 0 Å².